The summed E-state index contributed by atoms with van der Waals surface area (Å²) >= 11 is 0. The maximum Gasteiger partial charge on any atom is 0.0945 e. The van der Waals surface area contributed by atoms with Crippen LogP contribution in [0.5, 0.6) is 0 Å². The Hall–Kier alpha value is -0.790. The summed E-state index contributed by atoms with van der Waals surface area (Å²) < 4.78 is 2.16. The fourth-order valence-corrected chi connectivity index (χ4v) is 1.48. The van der Waals surface area contributed by atoms with Gasteiger partial charge in [0.05, 0.1) is 6.33 Å². The maximum atomic E-state index is 4.03. The standard InChI is InChI=1S/C10H18N2/c1-4-10(9(2)3)7-12-6-5-11-8-12/h5-6,8-10H,4,7H2,1-3H3. The Labute approximate surface area is 74.6 Å². The van der Waals surface area contributed by atoms with Gasteiger partial charge in [-0.2, -0.15) is 0 Å². The summed E-state index contributed by atoms with van der Waals surface area (Å²) in [4.78, 5) is 4.03. The first-order valence-electron chi connectivity index (χ1n) is 4.69. The quantitative estimate of drug-likeness (QED) is 0.672. The highest BCUT2D eigenvalue weighted by Gasteiger charge is 2.10. The van der Waals surface area contributed by atoms with Crippen LogP contribution in [0, 0.1) is 11.8 Å². The van der Waals surface area contributed by atoms with Crippen LogP contribution in [-0.2, 0) is 6.54 Å². The average molecular weight is 166 g/mol. The normalized spacial score (nSPS) is 13.7. The van der Waals surface area contributed by atoms with Crippen molar-refractivity contribution in [1.82, 2.24) is 9.55 Å². The molecule has 2 heteroatoms. The van der Waals surface area contributed by atoms with Crippen LogP contribution in [-0.4, -0.2) is 9.55 Å². The lowest BCUT2D eigenvalue weighted by molar-refractivity contribution is 0.325. The minimum absolute atomic E-state index is 0.761. The smallest absolute Gasteiger partial charge is 0.0945 e. The van der Waals surface area contributed by atoms with E-state index in [2.05, 4.69) is 30.3 Å². The Bertz CT molecular complexity index is 202. The second-order valence-electron chi connectivity index (χ2n) is 3.67. The minimum atomic E-state index is 0.761. The Morgan fingerprint density at radius 3 is 2.58 bits per heavy atom. The zero-order chi connectivity index (χ0) is 8.97. The molecule has 68 valence electrons. The van der Waals surface area contributed by atoms with E-state index in [1.807, 2.05) is 18.7 Å². The van der Waals surface area contributed by atoms with Gasteiger partial charge in [0.2, 0.25) is 0 Å². The Morgan fingerprint density at radius 2 is 2.17 bits per heavy atom. The fraction of sp³-hybridized carbons (Fsp3) is 0.700. The van der Waals surface area contributed by atoms with Gasteiger partial charge in [0.25, 0.3) is 0 Å². The van der Waals surface area contributed by atoms with E-state index >= 15 is 0 Å². The average Bonchev–Trinajstić information content (AvgIpc) is 2.51. The van der Waals surface area contributed by atoms with Gasteiger partial charge in [-0.25, -0.2) is 4.98 Å². The van der Waals surface area contributed by atoms with Gasteiger partial charge in [-0.3, -0.25) is 0 Å². The SMILES string of the molecule is CCC(Cn1ccnc1)C(C)C. The molecule has 1 heterocycles. The lowest BCUT2D eigenvalue weighted by atomic mass is 9.93. The molecular weight excluding hydrogens is 148 g/mol. The maximum absolute atomic E-state index is 4.03. The second-order valence-corrected chi connectivity index (χ2v) is 3.67. The van der Waals surface area contributed by atoms with Crippen molar-refractivity contribution in [3.05, 3.63) is 18.7 Å². The number of rotatable bonds is 4. The molecule has 12 heavy (non-hydrogen) atoms. The molecule has 0 amide bonds. The molecule has 0 saturated heterocycles. The molecule has 2 nitrogen and oxygen atoms in total. The number of hydrogen-bond acceptors (Lipinski definition) is 1. The van der Waals surface area contributed by atoms with Crippen molar-refractivity contribution in [2.24, 2.45) is 11.8 Å². The third-order valence-electron chi connectivity index (χ3n) is 2.47. The van der Waals surface area contributed by atoms with E-state index < -0.39 is 0 Å². The van der Waals surface area contributed by atoms with Gasteiger partial charge in [-0.05, 0) is 11.8 Å². The fourth-order valence-electron chi connectivity index (χ4n) is 1.48. The van der Waals surface area contributed by atoms with E-state index in [-0.39, 0.29) is 0 Å². The lowest BCUT2D eigenvalue weighted by Gasteiger charge is -2.18. The highest BCUT2D eigenvalue weighted by molar-refractivity contribution is 4.76. The van der Waals surface area contributed by atoms with E-state index in [0.29, 0.717) is 0 Å². The van der Waals surface area contributed by atoms with Crippen molar-refractivity contribution in [3.8, 4) is 0 Å². The summed E-state index contributed by atoms with van der Waals surface area (Å²) in [5, 5.41) is 0. The van der Waals surface area contributed by atoms with Crippen molar-refractivity contribution in [1.29, 1.82) is 0 Å². The van der Waals surface area contributed by atoms with Gasteiger partial charge in [0, 0.05) is 18.9 Å². The predicted octanol–water partition coefficient (Wildman–Crippen LogP) is 2.57. The number of imidazole rings is 1. The Kier molecular flexibility index (Phi) is 3.32. The molecule has 0 spiro atoms. The first-order chi connectivity index (χ1) is 5.74. The van der Waals surface area contributed by atoms with Crippen LogP contribution in [0.15, 0.2) is 18.7 Å². The van der Waals surface area contributed by atoms with Gasteiger partial charge in [-0.1, -0.05) is 27.2 Å². The number of nitrogens with zero attached hydrogens (tertiary/aromatic N) is 2. The third kappa shape index (κ3) is 2.36. The van der Waals surface area contributed by atoms with Gasteiger partial charge >= 0.3 is 0 Å². The van der Waals surface area contributed by atoms with E-state index in [0.717, 1.165) is 18.4 Å². The van der Waals surface area contributed by atoms with E-state index in [1.54, 1.807) is 0 Å². The van der Waals surface area contributed by atoms with Crippen LogP contribution >= 0.6 is 0 Å². The van der Waals surface area contributed by atoms with Crippen molar-refractivity contribution in [2.45, 2.75) is 33.7 Å². The number of hydrogen-bond donors (Lipinski definition) is 0. The molecule has 0 aliphatic heterocycles. The van der Waals surface area contributed by atoms with E-state index in [4.69, 9.17) is 0 Å². The summed E-state index contributed by atoms with van der Waals surface area (Å²) in [5.41, 5.74) is 0. The van der Waals surface area contributed by atoms with Gasteiger partial charge in [0.15, 0.2) is 0 Å². The second kappa shape index (κ2) is 4.29. The van der Waals surface area contributed by atoms with Crippen molar-refractivity contribution in [2.75, 3.05) is 0 Å². The molecule has 0 radical (unpaired) electrons. The summed E-state index contributed by atoms with van der Waals surface area (Å²) in [5.74, 6) is 1.54. The third-order valence-corrected chi connectivity index (χ3v) is 2.47. The first-order valence-corrected chi connectivity index (χ1v) is 4.69. The monoisotopic (exact) mass is 166 g/mol. The summed E-state index contributed by atoms with van der Waals surface area (Å²) in [6.45, 7) is 7.92. The van der Waals surface area contributed by atoms with Gasteiger partial charge in [-0.15, -0.1) is 0 Å². The van der Waals surface area contributed by atoms with Crippen LogP contribution in [0.3, 0.4) is 0 Å². The Balaban J connectivity index is 2.48. The molecule has 0 aliphatic carbocycles. The van der Waals surface area contributed by atoms with Crippen molar-refractivity contribution < 1.29 is 0 Å². The molecule has 1 aromatic heterocycles. The highest BCUT2D eigenvalue weighted by atomic mass is 15.0. The molecule has 1 unspecified atom stereocenters. The molecule has 0 aliphatic rings. The van der Waals surface area contributed by atoms with Crippen LogP contribution in [0.1, 0.15) is 27.2 Å². The van der Waals surface area contributed by atoms with Crippen molar-refractivity contribution in [3.63, 3.8) is 0 Å². The zero-order valence-corrected chi connectivity index (χ0v) is 8.20. The van der Waals surface area contributed by atoms with Crippen LogP contribution in [0.25, 0.3) is 0 Å². The minimum Gasteiger partial charge on any atom is -0.337 e. The predicted molar refractivity (Wildman–Crippen MR) is 50.8 cm³/mol. The lowest BCUT2D eigenvalue weighted by Crippen LogP contribution is -2.14. The van der Waals surface area contributed by atoms with Crippen LogP contribution < -0.4 is 0 Å². The number of aromatic nitrogens is 2. The first kappa shape index (κ1) is 9.30. The van der Waals surface area contributed by atoms with Gasteiger partial charge < -0.3 is 4.57 Å². The molecule has 1 aromatic rings. The molecule has 0 saturated carbocycles. The van der Waals surface area contributed by atoms with Crippen LogP contribution in [0.2, 0.25) is 0 Å². The topological polar surface area (TPSA) is 17.8 Å². The van der Waals surface area contributed by atoms with E-state index in [1.165, 1.54) is 6.42 Å². The molecule has 0 N–H and O–H groups in total. The molecule has 0 aromatic carbocycles. The molecule has 1 rings (SSSR count). The summed E-state index contributed by atoms with van der Waals surface area (Å²) in [7, 11) is 0. The largest absolute Gasteiger partial charge is 0.337 e. The molecular formula is C10H18N2. The van der Waals surface area contributed by atoms with Crippen LogP contribution in [0.4, 0.5) is 0 Å². The molecule has 1 atom stereocenters. The zero-order valence-electron chi connectivity index (χ0n) is 8.20. The van der Waals surface area contributed by atoms with Crippen molar-refractivity contribution >= 4 is 0 Å². The van der Waals surface area contributed by atoms with E-state index in [9.17, 15) is 0 Å². The Morgan fingerprint density at radius 1 is 1.42 bits per heavy atom. The van der Waals surface area contributed by atoms with Gasteiger partial charge in [0.1, 0.15) is 0 Å². The molecule has 0 bridgehead atoms. The summed E-state index contributed by atoms with van der Waals surface area (Å²) in [6.07, 6.45) is 7.01. The highest BCUT2D eigenvalue weighted by Crippen LogP contribution is 2.16. The molecule has 0 fully saturated rings. The summed E-state index contributed by atoms with van der Waals surface area (Å²) in [6, 6.07) is 0.